The van der Waals surface area contributed by atoms with Crippen LogP contribution in [0.25, 0.3) is 21.5 Å². The molecule has 0 radical (unpaired) electrons. The van der Waals surface area contributed by atoms with Crippen molar-refractivity contribution in [1.29, 1.82) is 0 Å². The minimum Gasteiger partial charge on any atom is -0.458 e. The maximum absolute atomic E-state index is 6.24. The van der Waals surface area contributed by atoms with Gasteiger partial charge in [-0.25, -0.2) is 4.98 Å². The van der Waals surface area contributed by atoms with Gasteiger partial charge in [-0.15, -0.1) is 10.2 Å². The van der Waals surface area contributed by atoms with E-state index in [1.807, 2.05) is 36.4 Å². The highest BCUT2D eigenvalue weighted by molar-refractivity contribution is 7.18. The van der Waals surface area contributed by atoms with Gasteiger partial charge in [0.1, 0.15) is 22.4 Å². The number of furan rings is 1. The molecule has 0 bridgehead atoms. The van der Waals surface area contributed by atoms with E-state index in [4.69, 9.17) is 4.42 Å². The van der Waals surface area contributed by atoms with Crippen LogP contribution < -0.4 is 4.90 Å². The van der Waals surface area contributed by atoms with Gasteiger partial charge in [0, 0.05) is 29.6 Å². The maximum Gasteiger partial charge on any atom is 0.209 e. The van der Waals surface area contributed by atoms with Gasteiger partial charge in [0.25, 0.3) is 0 Å². The molecule has 0 saturated heterocycles. The topological polar surface area (TPSA) is 70.8 Å². The summed E-state index contributed by atoms with van der Waals surface area (Å²) in [6, 6.07) is 20.2. The van der Waals surface area contributed by atoms with E-state index in [9.17, 15) is 0 Å². The summed E-state index contributed by atoms with van der Waals surface area (Å²) in [5.41, 5.74) is 4.10. The Morgan fingerprint density at radius 1 is 1.03 bits per heavy atom. The molecule has 3 aromatic heterocycles. The van der Waals surface area contributed by atoms with Crippen molar-refractivity contribution in [1.82, 2.24) is 20.2 Å². The van der Waals surface area contributed by atoms with Crippen molar-refractivity contribution in [2.45, 2.75) is 12.5 Å². The first kappa shape index (κ1) is 16.5. The second-order valence-corrected chi connectivity index (χ2v) is 8.01. The smallest absolute Gasteiger partial charge is 0.209 e. The van der Waals surface area contributed by atoms with Gasteiger partial charge in [-0.3, -0.25) is 0 Å². The van der Waals surface area contributed by atoms with Crippen LogP contribution in [0.5, 0.6) is 0 Å². The zero-order valence-electron chi connectivity index (χ0n) is 15.4. The number of H-pyrrole nitrogens is 1. The Bertz CT molecular complexity index is 1260. The quantitative estimate of drug-likeness (QED) is 0.471. The number of para-hydroxylation sites is 1. The van der Waals surface area contributed by atoms with Crippen LogP contribution in [-0.2, 0) is 6.42 Å². The molecular weight excluding hydrogens is 382 g/mol. The van der Waals surface area contributed by atoms with Crippen molar-refractivity contribution in [3.05, 3.63) is 84.1 Å². The van der Waals surface area contributed by atoms with Gasteiger partial charge in [0.05, 0.1) is 12.0 Å². The molecule has 0 spiro atoms. The van der Waals surface area contributed by atoms with Crippen molar-refractivity contribution in [2.75, 3.05) is 11.4 Å². The van der Waals surface area contributed by atoms with E-state index in [-0.39, 0.29) is 6.04 Å². The molecule has 6 rings (SSSR count). The lowest BCUT2D eigenvalue weighted by atomic mass is 10.0. The molecule has 1 atom stereocenters. The number of anilines is 1. The van der Waals surface area contributed by atoms with Crippen LogP contribution in [0.4, 0.5) is 5.13 Å². The fourth-order valence-electron chi connectivity index (χ4n) is 3.94. The van der Waals surface area contributed by atoms with Crippen molar-refractivity contribution < 1.29 is 4.42 Å². The lowest BCUT2D eigenvalue weighted by Gasteiger charge is -2.33. The molecule has 0 amide bonds. The highest BCUT2D eigenvalue weighted by Crippen LogP contribution is 2.41. The Morgan fingerprint density at radius 3 is 2.79 bits per heavy atom. The molecule has 6 nitrogen and oxygen atoms in total. The predicted molar refractivity (Wildman–Crippen MR) is 113 cm³/mol. The van der Waals surface area contributed by atoms with E-state index in [2.05, 4.69) is 49.3 Å². The summed E-state index contributed by atoms with van der Waals surface area (Å²) in [6.07, 6.45) is 2.64. The van der Waals surface area contributed by atoms with Crippen LogP contribution in [0.15, 0.2) is 71.4 Å². The second-order valence-electron chi connectivity index (χ2n) is 7.05. The number of imidazole rings is 1. The summed E-state index contributed by atoms with van der Waals surface area (Å²) in [6.45, 7) is 0.820. The number of fused-ring (bicyclic) bond motifs is 2. The summed E-state index contributed by atoms with van der Waals surface area (Å²) >= 11 is 1.60. The lowest BCUT2D eigenvalue weighted by molar-refractivity contribution is 0.486. The molecule has 0 unspecified atom stereocenters. The molecule has 0 aliphatic carbocycles. The summed E-state index contributed by atoms with van der Waals surface area (Å²) in [5.74, 6) is 0.871. The van der Waals surface area contributed by atoms with Crippen LogP contribution in [0, 0.1) is 0 Å². The van der Waals surface area contributed by atoms with Gasteiger partial charge in [-0.1, -0.05) is 59.9 Å². The van der Waals surface area contributed by atoms with Crippen molar-refractivity contribution in [3.63, 3.8) is 0 Å². The Kier molecular flexibility index (Phi) is 3.73. The van der Waals surface area contributed by atoms with Crippen LogP contribution in [0.2, 0.25) is 0 Å². The third kappa shape index (κ3) is 2.74. The largest absolute Gasteiger partial charge is 0.458 e. The van der Waals surface area contributed by atoms with E-state index in [0.29, 0.717) is 0 Å². The number of aromatic amines is 1. The number of benzene rings is 2. The minimum atomic E-state index is -0.131. The first-order valence-electron chi connectivity index (χ1n) is 9.53. The minimum absolute atomic E-state index is 0.131. The van der Waals surface area contributed by atoms with Crippen LogP contribution in [0.1, 0.15) is 23.2 Å². The fourth-order valence-corrected chi connectivity index (χ4v) is 4.84. The number of nitrogens with one attached hydrogen (secondary N) is 1. The number of hydrogen-bond donors (Lipinski definition) is 1. The van der Waals surface area contributed by atoms with Crippen molar-refractivity contribution in [3.8, 4) is 10.6 Å². The van der Waals surface area contributed by atoms with E-state index >= 15 is 0 Å². The summed E-state index contributed by atoms with van der Waals surface area (Å²) < 4.78 is 6.24. The lowest BCUT2D eigenvalue weighted by Crippen LogP contribution is -2.36. The number of rotatable bonds is 3. The zero-order chi connectivity index (χ0) is 19.2. The molecule has 0 fully saturated rings. The molecule has 0 saturated carbocycles. The van der Waals surface area contributed by atoms with Crippen LogP contribution >= 0.6 is 11.3 Å². The Morgan fingerprint density at radius 2 is 1.90 bits per heavy atom. The Hall–Kier alpha value is -3.45. The van der Waals surface area contributed by atoms with Gasteiger partial charge >= 0.3 is 0 Å². The van der Waals surface area contributed by atoms with E-state index in [0.717, 1.165) is 56.8 Å². The monoisotopic (exact) mass is 399 g/mol. The van der Waals surface area contributed by atoms with E-state index < -0.39 is 0 Å². The summed E-state index contributed by atoms with van der Waals surface area (Å²) in [7, 11) is 0. The molecule has 1 aliphatic rings. The van der Waals surface area contributed by atoms with Crippen LogP contribution in [0.3, 0.4) is 0 Å². The van der Waals surface area contributed by atoms with Crippen molar-refractivity contribution in [2.24, 2.45) is 0 Å². The van der Waals surface area contributed by atoms with E-state index in [1.54, 1.807) is 17.7 Å². The molecule has 4 heterocycles. The van der Waals surface area contributed by atoms with Crippen LogP contribution in [-0.4, -0.2) is 26.7 Å². The Labute approximate surface area is 170 Å². The predicted octanol–water partition coefficient (Wildman–Crippen LogP) is 4.83. The average Bonchev–Trinajstić information content (AvgIpc) is 3.52. The first-order chi connectivity index (χ1) is 14.4. The standard InChI is InChI=1S/C22H17N5OS/c1-2-6-14(7-3-1)21-25-26-22(29-21)27-11-10-16-19(24-13-23-16)20(27)18-12-15-8-4-5-9-17(15)28-18/h1-9,12-13,20H,10-11H2,(H,23,24)/t20-/m1/s1. The molecule has 2 aromatic carbocycles. The molecule has 1 N–H and O–H groups in total. The van der Waals surface area contributed by atoms with Gasteiger partial charge in [-0.05, 0) is 12.1 Å². The van der Waals surface area contributed by atoms with Gasteiger partial charge in [0.2, 0.25) is 5.13 Å². The SMILES string of the molecule is c1ccc(-c2nnc(N3CCc4[nH]cnc4[C@H]3c3cc4ccccc4o3)s2)cc1. The third-order valence-electron chi connectivity index (χ3n) is 5.32. The molecule has 1 aliphatic heterocycles. The zero-order valence-corrected chi connectivity index (χ0v) is 16.3. The highest BCUT2D eigenvalue weighted by atomic mass is 32.1. The first-order valence-corrected chi connectivity index (χ1v) is 10.3. The fraction of sp³-hybridized carbons (Fsp3) is 0.136. The maximum atomic E-state index is 6.24. The molecule has 29 heavy (non-hydrogen) atoms. The summed E-state index contributed by atoms with van der Waals surface area (Å²) in [4.78, 5) is 10.2. The average molecular weight is 399 g/mol. The van der Waals surface area contributed by atoms with Gasteiger partial charge in [0.15, 0.2) is 0 Å². The van der Waals surface area contributed by atoms with E-state index in [1.165, 1.54) is 0 Å². The Balaban J connectivity index is 1.45. The summed E-state index contributed by atoms with van der Waals surface area (Å²) in [5, 5.41) is 11.8. The molecule has 5 aromatic rings. The normalized spacial score (nSPS) is 16.3. The molecule has 142 valence electrons. The second kappa shape index (κ2) is 6.56. The number of nitrogens with zero attached hydrogens (tertiary/aromatic N) is 4. The van der Waals surface area contributed by atoms with Gasteiger partial charge in [-0.2, -0.15) is 0 Å². The highest BCUT2D eigenvalue weighted by Gasteiger charge is 2.35. The van der Waals surface area contributed by atoms with Crippen molar-refractivity contribution >= 4 is 27.4 Å². The van der Waals surface area contributed by atoms with Gasteiger partial charge < -0.3 is 14.3 Å². The molecular formula is C22H17N5OS. The number of hydrogen-bond acceptors (Lipinski definition) is 6. The molecule has 7 heteroatoms. The number of aromatic nitrogens is 4. The third-order valence-corrected chi connectivity index (χ3v) is 6.33.